The molecule has 1 aliphatic carbocycles. The van der Waals surface area contributed by atoms with Gasteiger partial charge in [0, 0.05) is 25.7 Å². The van der Waals surface area contributed by atoms with Crippen molar-refractivity contribution in [2.24, 2.45) is 0 Å². The van der Waals surface area contributed by atoms with E-state index >= 15 is 0 Å². The first-order valence-corrected chi connectivity index (χ1v) is 7.80. The van der Waals surface area contributed by atoms with Gasteiger partial charge < -0.3 is 10.6 Å². The molecule has 1 saturated heterocycles. The average molecular weight is 343 g/mol. The Kier molecular flexibility index (Phi) is 3.50. The van der Waals surface area contributed by atoms with Crippen LogP contribution in [0.4, 0.5) is 16.7 Å². The van der Waals surface area contributed by atoms with Gasteiger partial charge >= 0.3 is 6.03 Å². The zero-order chi connectivity index (χ0) is 17.6. The molecule has 0 spiro atoms. The lowest BCUT2D eigenvalue weighted by atomic mass is 10.2. The second-order valence-corrected chi connectivity index (χ2v) is 6.10. The van der Waals surface area contributed by atoms with Crippen molar-refractivity contribution in [2.45, 2.75) is 18.9 Å². The molecule has 11 heteroatoms. The van der Waals surface area contributed by atoms with Crippen molar-refractivity contribution in [3.05, 3.63) is 17.5 Å². The minimum atomic E-state index is -0.548. The van der Waals surface area contributed by atoms with Crippen molar-refractivity contribution >= 4 is 35.6 Å². The van der Waals surface area contributed by atoms with Gasteiger partial charge in [-0.2, -0.15) is 19.6 Å². The van der Waals surface area contributed by atoms with E-state index in [1.165, 1.54) is 6.08 Å². The molecule has 0 bridgehead atoms. The van der Waals surface area contributed by atoms with Crippen molar-refractivity contribution in [1.82, 2.24) is 35.2 Å². The second kappa shape index (κ2) is 5.70. The van der Waals surface area contributed by atoms with Crippen LogP contribution in [0.5, 0.6) is 0 Å². The van der Waals surface area contributed by atoms with Crippen LogP contribution < -0.4 is 21.4 Å². The molecule has 0 unspecified atom stereocenters. The maximum absolute atomic E-state index is 11.7. The summed E-state index contributed by atoms with van der Waals surface area (Å²) in [5.41, 5.74) is 4.28. The third-order valence-electron chi connectivity index (χ3n) is 3.65. The normalized spacial score (nSPS) is 18.8. The van der Waals surface area contributed by atoms with E-state index in [2.05, 4.69) is 36.4 Å². The molecule has 4 rings (SSSR count). The van der Waals surface area contributed by atoms with E-state index in [4.69, 9.17) is 0 Å². The second-order valence-electron chi connectivity index (χ2n) is 6.10. The lowest BCUT2D eigenvalue weighted by Crippen LogP contribution is -2.22. The number of hydrogen-bond donors (Lipinski definition) is 4. The summed E-state index contributed by atoms with van der Waals surface area (Å²) >= 11 is 0. The Balaban J connectivity index is 1.78. The van der Waals surface area contributed by atoms with Crippen molar-refractivity contribution in [3.63, 3.8) is 0 Å². The highest BCUT2D eigenvalue weighted by Crippen LogP contribution is 2.25. The topological polar surface area (TPSA) is 129 Å². The number of nitrogens with zero attached hydrogens (tertiary/aromatic N) is 5. The first-order chi connectivity index (χ1) is 12.0. The number of nitrogens with one attached hydrogen (secondary N) is 4. The number of hydrazine groups is 1. The highest BCUT2D eigenvalue weighted by atomic mass is 16.2. The molecule has 0 radical (unpaired) electrons. The van der Waals surface area contributed by atoms with Gasteiger partial charge in [-0.25, -0.2) is 9.80 Å². The fourth-order valence-corrected chi connectivity index (χ4v) is 2.39. The Labute approximate surface area is 142 Å². The first-order valence-electron chi connectivity index (χ1n) is 7.80. The summed E-state index contributed by atoms with van der Waals surface area (Å²) in [6, 6.07) is -0.162. The lowest BCUT2D eigenvalue weighted by Gasteiger charge is -2.13. The molecular formula is C14H17N9O2. The van der Waals surface area contributed by atoms with Crippen LogP contribution in [-0.4, -0.2) is 56.7 Å². The third-order valence-corrected chi connectivity index (χ3v) is 3.65. The Morgan fingerprint density at radius 2 is 2.08 bits per heavy atom. The maximum atomic E-state index is 11.7. The number of anilines is 2. The maximum Gasteiger partial charge on any atom is 0.326 e. The van der Waals surface area contributed by atoms with E-state index in [1.807, 2.05) is 14.1 Å². The van der Waals surface area contributed by atoms with Crippen molar-refractivity contribution in [2.75, 3.05) is 24.8 Å². The fourth-order valence-electron chi connectivity index (χ4n) is 2.39. The predicted octanol–water partition coefficient (Wildman–Crippen LogP) is -0.233. The van der Waals surface area contributed by atoms with Crippen molar-refractivity contribution in [1.29, 1.82) is 0 Å². The number of urea groups is 1. The summed E-state index contributed by atoms with van der Waals surface area (Å²) < 4.78 is 1.58. The van der Waals surface area contributed by atoms with Crippen LogP contribution in [0.3, 0.4) is 0 Å². The van der Waals surface area contributed by atoms with E-state index in [1.54, 1.807) is 15.7 Å². The number of rotatable bonds is 5. The summed E-state index contributed by atoms with van der Waals surface area (Å²) in [5, 5.41) is 14.0. The molecule has 11 nitrogen and oxygen atoms in total. The molecule has 1 saturated carbocycles. The van der Waals surface area contributed by atoms with Gasteiger partial charge in [0.2, 0.25) is 11.9 Å². The highest BCUT2D eigenvalue weighted by Gasteiger charge is 2.25. The number of hydrogen-bond acceptors (Lipinski definition) is 8. The molecule has 2 fully saturated rings. The van der Waals surface area contributed by atoms with Crippen LogP contribution in [-0.2, 0) is 4.79 Å². The van der Waals surface area contributed by atoms with Crippen molar-refractivity contribution in [3.8, 4) is 0 Å². The largest absolute Gasteiger partial charge is 0.351 e. The van der Waals surface area contributed by atoms with E-state index < -0.39 is 11.9 Å². The molecule has 0 aromatic carbocycles. The Morgan fingerprint density at radius 1 is 1.28 bits per heavy atom. The summed E-state index contributed by atoms with van der Waals surface area (Å²) in [6.45, 7) is 0. The van der Waals surface area contributed by atoms with Crippen molar-refractivity contribution < 1.29 is 9.59 Å². The molecule has 0 atom stereocenters. The van der Waals surface area contributed by atoms with Crippen LogP contribution in [0.25, 0.3) is 11.7 Å². The van der Waals surface area contributed by atoms with Gasteiger partial charge in [-0.05, 0) is 18.9 Å². The smallest absolute Gasteiger partial charge is 0.326 e. The highest BCUT2D eigenvalue weighted by molar-refractivity contribution is 6.14. The van der Waals surface area contributed by atoms with Gasteiger partial charge in [-0.1, -0.05) is 0 Å². The molecule has 2 aliphatic rings. The molecule has 25 heavy (non-hydrogen) atoms. The molecule has 4 N–H and O–H groups in total. The number of fused-ring (bicyclic) bond motifs is 1. The molecule has 3 heterocycles. The van der Waals surface area contributed by atoms with Crippen LogP contribution >= 0.6 is 0 Å². The quantitative estimate of drug-likeness (QED) is 0.333. The monoisotopic (exact) mass is 343 g/mol. The summed E-state index contributed by atoms with van der Waals surface area (Å²) in [5.74, 6) is 0.489. The van der Waals surface area contributed by atoms with E-state index in [0.717, 1.165) is 12.8 Å². The van der Waals surface area contributed by atoms with Crippen LogP contribution in [0.2, 0.25) is 0 Å². The Hall–Kier alpha value is -3.21. The summed E-state index contributed by atoms with van der Waals surface area (Å²) in [7, 11) is 3.67. The van der Waals surface area contributed by atoms with Gasteiger partial charge in [0.1, 0.15) is 5.70 Å². The zero-order valence-electron chi connectivity index (χ0n) is 13.7. The number of carbonyl (C=O) groups excluding carboxylic acids is 2. The molecule has 1 aliphatic heterocycles. The fraction of sp³-hybridized carbons (Fsp3) is 0.357. The Bertz CT molecular complexity index is 897. The predicted molar refractivity (Wildman–Crippen MR) is 89.4 cm³/mol. The van der Waals surface area contributed by atoms with E-state index in [0.29, 0.717) is 29.1 Å². The minimum Gasteiger partial charge on any atom is -0.351 e. The van der Waals surface area contributed by atoms with Crippen LogP contribution in [0.1, 0.15) is 18.4 Å². The number of aromatic nitrogens is 4. The summed E-state index contributed by atoms with van der Waals surface area (Å²) in [6.07, 6.45) is 5.29. The zero-order valence-corrected chi connectivity index (χ0v) is 13.7. The first kappa shape index (κ1) is 15.3. The molecule has 2 aromatic rings. The average Bonchev–Trinajstić information content (AvgIpc) is 3.17. The van der Waals surface area contributed by atoms with Gasteiger partial charge in [-0.3, -0.25) is 15.5 Å². The summed E-state index contributed by atoms with van der Waals surface area (Å²) in [4.78, 5) is 31.9. The van der Waals surface area contributed by atoms with E-state index in [-0.39, 0.29) is 5.70 Å². The molecular weight excluding hydrogens is 326 g/mol. The lowest BCUT2D eigenvalue weighted by molar-refractivity contribution is -0.115. The molecule has 3 amide bonds. The van der Waals surface area contributed by atoms with Crippen LogP contribution in [0, 0.1) is 0 Å². The van der Waals surface area contributed by atoms with E-state index in [9.17, 15) is 9.59 Å². The number of carbonyl (C=O) groups is 2. The van der Waals surface area contributed by atoms with Gasteiger partial charge in [0.25, 0.3) is 5.91 Å². The Morgan fingerprint density at radius 3 is 2.72 bits per heavy atom. The molecule has 2 aromatic heterocycles. The number of imide groups is 1. The third kappa shape index (κ3) is 3.08. The van der Waals surface area contributed by atoms with Gasteiger partial charge in [-0.15, -0.1) is 0 Å². The van der Waals surface area contributed by atoms with Gasteiger partial charge in [0.15, 0.2) is 5.65 Å². The SMILES string of the molecule is CN(C)Nc1nc(NC2CC2)n2ncc(/C=C3\NC(=O)NC3=O)c2n1. The number of amides is 3. The molecule has 130 valence electrons. The van der Waals surface area contributed by atoms with Gasteiger partial charge in [0.05, 0.1) is 6.20 Å². The van der Waals surface area contributed by atoms with Crippen LogP contribution in [0.15, 0.2) is 11.9 Å². The standard InChI is InChI=1S/C14H17N9O2/c1-22(2)21-12-18-10-7(5-9-11(24)19-14(25)17-9)6-15-23(10)13(20-12)16-8-3-4-8/h5-6,8H,3-4H2,1-2H3,(H2,16,18,20,21)(H2,17,19,24,25)/b9-5-. The minimum absolute atomic E-state index is 0.150.